The Morgan fingerprint density at radius 3 is 2.54 bits per heavy atom. The van der Waals surface area contributed by atoms with Gasteiger partial charge in [-0.2, -0.15) is 0 Å². The van der Waals surface area contributed by atoms with Crippen molar-refractivity contribution in [1.29, 1.82) is 0 Å². The molecule has 3 rings (SSSR count). The van der Waals surface area contributed by atoms with Gasteiger partial charge >= 0.3 is 5.97 Å². The molecule has 0 spiro atoms. The molecule has 1 saturated heterocycles. The quantitative estimate of drug-likeness (QED) is 0.800. The van der Waals surface area contributed by atoms with Crippen LogP contribution in [0.5, 0.6) is 0 Å². The van der Waals surface area contributed by atoms with Crippen molar-refractivity contribution in [1.82, 2.24) is 14.4 Å². The molecule has 1 aliphatic heterocycles. The SMILES string of the molecule is Cc1ccc(C(=O)O)cc1-n1c(C)cc(CN2CC(N(C)C)CC2CO)c1C. The molecule has 1 aliphatic rings. The Hall–Kier alpha value is -2.15. The lowest BCUT2D eigenvalue weighted by Crippen LogP contribution is -2.33. The molecule has 0 bridgehead atoms. The number of aromatic nitrogens is 1. The van der Waals surface area contributed by atoms with Gasteiger partial charge in [0.05, 0.1) is 12.2 Å². The monoisotopic (exact) mass is 385 g/mol. The third kappa shape index (κ3) is 3.85. The third-order valence-corrected chi connectivity index (χ3v) is 6.05. The Balaban J connectivity index is 1.93. The largest absolute Gasteiger partial charge is 0.478 e. The van der Waals surface area contributed by atoms with Crippen molar-refractivity contribution in [3.8, 4) is 5.69 Å². The van der Waals surface area contributed by atoms with Crippen LogP contribution in [0.1, 0.15) is 39.3 Å². The molecule has 0 aliphatic carbocycles. The molecule has 1 aromatic carbocycles. The van der Waals surface area contributed by atoms with Crippen LogP contribution in [0.2, 0.25) is 0 Å². The molecular formula is C22H31N3O3. The second kappa shape index (κ2) is 8.07. The molecular weight excluding hydrogens is 354 g/mol. The summed E-state index contributed by atoms with van der Waals surface area (Å²) in [7, 11) is 4.18. The highest BCUT2D eigenvalue weighted by Crippen LogP contribution is 2.28. The van der Waals surface area contributed by atoms with E-state index in [0.29, 0.717) is 11.6 Å². The Kier molecular flexibility index (Phi) is 5.93. The van der Waals surface area contributed by atoms with Gasteiger partial charge in [-0.25, -0.2) is 4.79 Å². The van der Waals surface area contributed by atoms with Crippen LogP contribution in [0, 0.1) is 20.8 Å². The molecule has 2 heterocycles. The van der Waals surface area contributed by atoms with Crippen LogP contribution in [0.25, 0.3) is 5.69 Å². The molecule has 6 nitrogen and oxygen atoms in total. The predicted octanol–water partition coefficient (Wildman–Crippen LogP) is 2.60. The number of likely N-dealkylation sites (tertiary alicyclic amines) is 1. The van der Waals surface area contributed by atoms with Gasteiger partial charge in [0.15, 0.2) is 0 Å². The number of aryl methyl sites for hydroxylation is 2. The van der Waals surface area contributed by atoms with Crippen molar-refractivity contribution in [2.45, 2.75) is 45.8 Å². The maximum Gasteiger partial charge on any atom is 0.335 e. The van der Waals surface area contributed by atoms with E-state index in [4.69, 9.17) is 0 Å². The second-order valence-corrected chi connectivity index (χ2v) is 8.16. The van der Waals surface area contributed by atoms with Crippen LogP contribution in [0.4, 0.5) is 0 Å². The van der Waals surface area contributed by atoms with E-state index in [1.807, 2.05) is 13.0 Å². The second-order valence-electron chi connectivity index (χ2n) is 8.16. The normalized spacial score (nSPS) is 20.2. The van der Waals surface area contributed by atoms with Crippen molar-refractivity contribution in [3.63, 3.8) is 0 Å². The van der Waals surface area contributed by atoms with Crippen molar-refractivity contribution < 1.29 is 15.0 Å². The molecule has 152 valence electrons. The fraction of sp³-hybridized carbons (Fsp3) is 0.500. The van der Waals surface area contributed by atoms with Gasteiger partial charge in [-0.05, 0) is 70.6 Å². The Bertz CT molecular complexity index is 872. The average molecular weight is 386 g/mol. The number of aromatic carboxylic acids is 1. The molecule has 28 heavy (non-hydrogen) atoms. The highest BCUT2D eigenvalue weighted by molar-refractivity contribution is 5.88. The van der Waals surface area contributed by atoms with E-state index in [0.717, 1.165) is 42.1 Å². The Morgan fingerprint density at radius 1 is 1.21 bits per heavy atom. The molecule has 2 N–H and O–H groups in total. The standard InChI is InChI=1S/C22H31N3O3/c1-14-6-7-17(22(27)28)9-21(14)25-15(2)8-18(16(25)3)11-24-12-19(23(4)5)10-20(24)13-26/h6-9,19-20,26H,10-13H2,1-5H3,(H,27,28). The molecule has 1 aromatic heterocycles. The minimum absolute atomic E-state index is 0.169. The van der Waals surface area contributed by atoms with Crippen LogP contribution in [-0.4, -0.2) is 69.9 Å². The van der Waals surface area contributed by atoms with Crippen molar-refractivity contribution in [3.05, 3.63) is 52.3 Å². The number of rotatable bonds is 6. The maximum absolute atomic E-state index is 11.4. The summed E-state index contributed by atoms with van der Waals surface area (Å²) in [4.78, 5) is 16.0. The van der Waals surface area contributed by atoms with Crippen LogP contribution in [-0.2, 0) is 6.54 Å². The number of aliphatic hydroxyl groups is 1. The van der Waals surface area contributed by atoms with Crippen molar-refractivity contribution in [2.75, 3.05) is 27.2 Å². The summed E-state index contributed by atoms with van der Waals surface area (Å²) in [6.07, 6.45) is 0.974. The number of benzene rings is 1. The van der Waals surface area contributed by atoms with E-state index in [2.05, 4.69) is 48.4 Å². The van der Waals surface area contributed by atoms with E-state index >= 15 is 0 Å². The van der Waals surface area contributed by atoms with Gasteiger partial charge in [0.1, 0.15) is 0 Å². The first kappa shape index (κ1) is 20.6. The van der Waals surface area contributed by atoms with Crippen molar-refractivity contribution >= 4 is 5.97 Å². The van der Waals surface area contributed by atoms with E-state index in [1.54, 1.807) is 12.1 Å². The lowest BCUT2D eigenvalue weighted by molar-refractivity contribution is 0.0697. The predicted molar refractivity (Wildman–Crippen MR) is 110 cm³/mol. The Morgan fingerprint density at radius 2 is 1.93 bits per heavy atom. The summed E-state index contributed by atoms with van der Waals surface area (Å²) in [5.41, 5.74) is 5.67. The summed E-state index contributed by atoms with van der Waals surface area (Å²) in [5, 5.41) is 19.2. The zero-order valence-corrected chi connectivity index (χ0v) is 17.4. The van der Waals surface area contributed by atoms with Crippen LogP contribution < -0.4 is 0 Å². The highest BCUT2D eigenvalue weighted by Gasteiger charge is 2.33. The van der Waals surface area contributed by atoms with E-state index in [9.17, 15) is 15.0 Å². The molecule has 6 heteroatoms. The van der Waals surface area contributed by atoms with Crippen LogP contribution in [0.3, 0.4) is 0 Å². The van der Waals surface area contributed by atoms with Crippen LogP contribution >= 0.6 is 0 Å². The third-order valence-electron chi connectivity index (χ3n) is 6.05. The van der Waals surface area contributed by atoms with Gasteiger partial charge in [-0.1, -0.05) is 6.07 Å². The molecule has 2 atom stereocenters. The van der Waals surface area contributed by atoms with Gasteiger partial charge in [0.25, 0.3) is 0 Å². The number of aliphatic hydroxyl groups excluding tert-OH is 1. The number of hydrogen-bond acceptors (Lipinski definition) is 4. The number of hydrogen-bond donors (Lipinski definition) is 2. The molecule has 0 saturated carbocycles. The minimum atomic E-state index is -0.915. The fourth-order valence-electron chi connectivity index (χ4n) is 4.28. The molecule has 2 unspecified atom stereocenters. The first-order valence-electron chi connectivity index (χ1n) is 9.76. The lowest BCUT2D eigenvalue weighted by Gasteiger charge is -2.23. The number of carbonyl (C=O) groups is 1. The zero-order chi connectivity index (χ0) is 20.6. The topological polar surface area (TPSA) is 68.9 Å². The average Bonchev–Trinajstić information content (AvgIpc) is 3.17. The number of nitrogens with zero attached hydrogens (tertiary/aromatic N) is 3. The number of carboxylic acid groups (broad SMARTS) is 1. The minimum Gasteiger partial charge on any atom is -0.478 e. The van der Waals surface area contributed by atoms with E-state index < -0.39 is 5.97 Å². The van der Waals surface area contributed by atoms with E-state index in [-0.39, 0.29) is 12.6 Å². The molecule has 0 amide bonds. The first-order chi connectivity index (χ1) is 13.2. The molecule has 0 radical (unpaired) electrons. The summed E-state index contributed by atoms with van der Waals surface area (Å²) >= 11 is 0. The maximum atomic E-state index is 11.4. The van der Waals surface area contributed by atoms with Gasteiger partial charge < -0.3 is 19.7 Å². The lowest BCUT2D eigenvalue weighted by atomic mass is 10.1. The summed E-state index contributed by atoms with van der Waals surface area (Å²) in [6, 6.07) is 8.06. The van der Waals surface area contributed by atoms with Crippen molar-refractivity contribution in [2.24, 2.45) is 0 Å². The zero-order valence-electron chi connectivity index (χ0n) is 17.4. The van der Waals surface area contributed by atoms with Gasteiger partial charge in [0.2, 0.25) is 0 Å². The molecule has 2 aromatic rings. The fourth-order valence-corrected chi connectivity index (χ4v) is 4.28. The van der Waals surface area contributed by atoms with Crippen LogP contribution in [0.15, 0.2) is 24.3 Å². The number of likely N-dealkylation sites (N-methyl/N-ethyl adjacent to an activating group) is 1. The van der Waals surface area contributed by atoms with Gasteiger partial charge in [-0.15, -0.1) is 0 Å². The number of carboxylic acids is 1. The van der Waals surface area contributed by atoms with E-state index in [1.165, 1.54) is 5.56 Å². The van der Waals surface area contributed by atoms with Gasteiger partial charge in [-0.3, -0.25) is 4.90 Å². The Labute approximate surface area is 167 Å². The smallest absolute Gasteiger partial charge is 0.335 e. The summed E-state index contributed by atoms with van der Waals surface area (Å²) in [6.45, 7) is 8.04. The highest BCUT2D eigenvalue weighted by atomic mass is 16.4. The summed E-state index contributed by atoms with van der Waals surface area (Å²) in [5.74, 6) is -0.915. The molecule has 1 fully saturated rings. The summed E-state index contributed by atoms with van der Waals surface area (Å²) < 4.78 is 2.14. The van der Waals surface area contributed by atoms with Gasteiger partial charge in [0, 0.05) is 42.2 Å². The first-order valence-corrected chi connectivity index (χ1v) is 9.76.